The van der Waals surface area contributed by atoms with Gasteiger partial charge < -0.3 is 4.42 Å². The van der Waals surface area contributed by atoms with Crippen molar-refractivity contribution in [3.8, 4) is 56.6 Å². The number of para-hydroxylation sites is 1. The molecule has 0 bridgehead atoms. The lowest BCUT2D eigenvalue weighted by atomic mass is 9.82. The Morgan fingerprint density at radius 2 is 1.29 bits per heavy atom. The van der Waals surface area contributed by atoms with Crippen LogP contribution in [0.5, 0.6) is 0 Å². The molecule has 1 aliphatic rings. The van der Waals surface area contributed by atoms with Gasteiger partial charge in [0.25, 0.3) is 0 Å². The van der Waals surface area contributed by atoms with Gasteiger partial charge in [0.15, 0.2) is 23.2 Å². The molecule has 1 aliphatic carbocycles. The summed E-state index contributed by atoms with van der Waals surface area (Å²) in [6.45, 7) is 4.56. The second-order valence-corrected chi connectivity index (χ2v) is 11.2. The molecule has 7 aromatic rings. The van der Waals surface area contributed by atoms with Crippen LogP contribution in [0, 0.1) is 0 Å². The maximum absolute atomic E-state index is 6.24. The van der Waals surface area contributed by atoms with Crippen LogP contribution in [0.3, 0.4) is 0 Å². The average Bonchev–Trinajstić information content (AvgIpc) is 3.58. The van der Waals surface area contributed by atoms with E-state index in [1.165, 1.54) is 22.3 Å². The fourth-order valence-corrected chi connectivity index (χ4v) is 6.11. The zero-order valence-electron chi connectivity index (χ0n) is 23.2. The molecule has 0 N–H and O–H groups in total. The first kappa shape index (κ1) is 24.4. The van der Waals surface area contributed by atoms with Crippen LogP contribution < -0.4 is 0 Å². The summed E-state index contributed by atoms with van der Waals surface area (Å²) in [5, 5.41) is 1.01. The molecule has 0 saturated carbocycles. The first-order valence-electron chi connectivity index (χ1n) is 14.1. The zero-order valence-corrected chi connectivity index (χ0v) is 23.2. The number of fused-ring (bicyclic) bond motifs is 4. The van der Waals surface area contributed by atoms with Crippen molar-refractivity contribution in [1.29, 1.82) is 0 Å². The number of benzene rings is 4. The minimum absolute atomic E-state index is 0.124. The van der Waals surface area contributed by atoms with Crippen molar-refractivity contribution < 1.29 is 4.42 Å². The number of rotatable bonds is 4. The maximum atomic E-state index is 6.24. The molecule has 0 spiro atoms. The molecule has 5 heteroatoms. The summed E-state index contributed by atoms with van der Waals surface area (Å²) < 4.78 is 6.24. The summed E-state index contributed by atoms with van der Waals surface area (Å²) in [5.41, 5.74) is 9.69. The topological polar surface area (TPSA) is 64.7 Å². The molecule has 0 atom stereocenters. The molecule has 0 unspecified atom stereocenters. The Bertz CT molecular complexity index is 2080. The minimum Gasteiger partial charge on any atom is -0.453 e. The first-order valence-corrected chi connectivity index (χ1v) is 14.1. The monoisotopic (exact) mass is 542 g/mol. The molecule has 0 aliphatic heterocycles. The maximum Gasteiger partial charge on any atom is 0.199 e. The van der Waals surface area contributed by atoms with E-state index in [0.717, 1.165) is 33.2 Å². The summed E-state index contributed by atoms with van der Waals surface area (Å²) in [6, 6.07) is 37.3. The fraction of sp³-hybridized carbons (Fsp3) is 0.0811. The highest BCUT2D eigenvalue weighted by Gasteiger charge is 2.37. The second-order valence-electron chi connectivity index (χ2n) is 11.2. The van der Waals surface area contributed by atoms with Gasteiger partial charge in [-0.15, -0.1) is 0 Å². The highest BCUT2D eigenvalue weighted by Crippen LogP contribution is 2.51. The molecular formula is C37H26N4O. The molecule has 8 rings (SSSR count). The number of pyridine rings is 1. The van der Waals surface area contributed by atoms with E-state index in [-0.39, 0.29) is 5.41 Å². The first-order chi connectivity index (χ1) is 20.6. The Morgan fingerprint density at radius 3 is 2.12 bits per heavy atom. The number of furan rings is 1. The molecule has 0 radical (unpaired) electrons. The van der Waals surface area contributed by atoms with Crippen molar-refractivity contribution in [2.24, 2.45) is 0 Å². The van der Waals surface area contributed by atoms with Gasteiger partial charge in [-0.05, 0) is 51.6 Å². The summed E-state index contributed by atoms with van der Waals surface area (Å²) in [5.74, 6) is 2.33. The number of hydrogen-bond acceptors (Lipinski definition) is 5. The van der Waals surface area contributed by atoms with Crippen molar-refractivity contribution in [1.82, 2.24) is 19.9 Å². The van der Waals surface area contributed by atoms with E-state index < -0.39 is 0 Å². The third kappa shape index (κ3) is 3.85. The Kier molecular flexibility index (Phi) is 5.41. The van der Waals surface area contributed by atoms with Crippen molar-refractivity contribution in [2.75, 3.05) is 0 Å². The van der Waals surface area contributed by atoms with Crippen LogP contribution in [0.1, 0.15) is 25.0 Å². The van der Waals surface area contributed by atoms with Crippen LogP contribution in [0.2, 0.25) is 0 Å². The summed E-state index contributed by atoms with van der Waals surface area (Å²) >= 11 is 0. The van der Waals surface area contributed by atoms with E-state index in [9.17, 15) is 0 Å². The van der Waals surface area contributed by atoms with Gasteiger partial charge in [-0.3, -0.25) is 4.98 Å². The molecule has 3 heterocycles. The molecular weight excluding hydrogens is 516 g/mol. The molecule has 5 nitrogen and oxygen atoms in total. The molecule has 0 saturated heterocycles. The van der Waals surface area contributed by atoms with Gasteiger partial charge in [0.05, 0.1) is 0 Å². The fourth-order valence-electron chi connectivity index (χ4n) is 6.11. The van der Waals surface area contributed by atoms with Gasteiger partial charge in [0, 0.05) is 34.3 Å². The van der Waals surface area contributed by atoms with Crippen LogP contribution in [0.4, 0.5) is 0 Å². The second kappa shape index (κ2) is 9.32. The van der Waals surface area contributed by atoms with E-state index >= 15 is 0 Å². The highest BCUT2D eigenvalue weighted by molar-refractivity contribution is 5.91. The predicted molar refractivity (Wildman–Crippen MR) is 167 cm³/mol. The Morgan fingerprint density at radius 1 is 0.571 bits per heavy atom. The molecule has 42 heavy (non-hydrogen) atoms. The smallest absolute Gasteiger partial charge is 0.199 e. The van der Waals surface area contributed by atoms with Crippen molar-refractivity contribution in [3.63, 3.8) is 0 Å². The zero-order chi connectivity index (χ0) is 28.3. The van der Waals surface area contributed by atoms with Gasteiger partial charge in [0.2, 0.25) is 0 Å². The molecule has 0 amide bonds. The average molecular weight is 543 g/mol. The summed E-state index contributed by atoms with van der Waals surface area (Å²) in [7, 11) is 0. The lowest BCUT2D eigenvalue weighted by Crippen LogP contribution is -2.14. The molecule has 4 aromatic carbocycles. The van der Waals surface area contributed by atoms with Crippen molar-refractivity contribution >= 4 is 11.0 Å². The van der Waals surface area contributed by atoms with Crippen LogP contribution in [0.25, 0.3) is 67.6 Å². The van der Waals surface area contributed by atoms with E-state index in [0.29, 0.717) is 23.2 Å². The third-order valence-corrected chi connectivity index (χ3v) is 8.27. The normalized spacial score (nSPS) is 13.2. The Balaban J connectivity index is 1.33. The van der Waals surface area contributed by atoms with E-state index in [4.69, 9.17) is 19.4 Å². The highest BCUT2D eigenvalue weighted by atomic mass is 16.3. The van der Waals surface area contributed by atoms with Gasteiger partial charge in [-0.2, -0.15) is 0 Å². The number of hydrogen-bond donors (Lipinski definition) is 0. The van der Waals surface area contributed by atoms with Crippen molar-refractivity contribution in [3.05, 3.63) is 133 Å². The summed E-state index contributed by atoms with van der Waals surface area (Å²) in [6.07, 6.45) is 3.65. The van der Waals surface area contributed by atoms with E-state index in [1.54, 1.807) is 6.20 Å². The Hall–Kier alpha value is -5.42. The quantitative estimate of drug-likeness (QED) is 0.222. The van der Waals surface area contributed by atoms with Crippen LogP contribution in [0.15, 0.2) is 126 Å². The van der Waals surface area contributed by atoms with Gasteiger partial charge in [-0.25, -0.2) is 15.0 Å². The largest absolute Gasteiger partial charge is 0.453 e. The SMILES string of the molecule is CC1(C)c2ccccc2-c2c(-c3nc(-c4ccc(-c5cccnc5)cc4)nc(-c4cc5ccccc5o4)n3)cccc21. The number of aromatic nitrogens is 4. The van der Waals surface area contributed by atoms with Crippen molar-refractivity contribution in [2.45, 2.75) is 19.3 Å². The van der Waals surface area contributed by atoms with Crippen LogP contribution in [-0.2, 0) is 5.41 Å². The standard InChI is InChI=1S/C37H26N4O/c1-37(2)29-13-5-4-11-27(29)33-28(12-7-14-30(33)37)35-39-34(24-18-16-23(17-19-24)26-10-8-20-38-22-26)40-36(41-35)32-21-25-9-3-6-15-31(25)42-32/h3-22H,1-2H3. The lowest BCUT2D eigenvalue weighted by Gasteiger charge is -2.21. The van der Waals surface area contributed by atoms with Gasteiger partial charge in [-0.1, -0.05) is 105 Å². The van der Waals surface area contributed by atoms with Gasteiger partial charge >= 0.3 is 0 Å². The summed E-state index contributed by atoms with van der Waals surface area (Å²) in [4.78, 5) is 19.3. The van der Waals surface area contributed by atoms with E-state index in [1.807, 2.05) is 42.6 Å². The van der Waals surface area contributed by atoms with Crippen LogP contribution >= 0.6 is 0 Å². The number of nitrogens with zero attached hydrogens (tertiary/aromatic N) is 4. The Labute approximate surface area is 243 Å². The van der Waals surface area contributed by atoms with Crippen LogP contribution in [-0.4, -0.2) is 19.9 Å². The van der Waals surface area contributed by atoms with E-state index in [2.05, 4.69) is 91.6 Å². The lowest BCUT2D eigenvalue weighted by molar-refractivity contribution is 0.625. The molecule has 200 valence electrons. The molecule has 0 fully saturated rings. The molecule has 3 aromatic heterocycles. The van der Waals surface area contributed by atoms with Gasteiger partial charge in [0.1, 0.15) is 5.58 Å². The predicted octanol–water partition coefficient (Wildman–Crippen LogP) is 8.99. The minimum atomic E-state index is -0.124. The third-order valence-electron chi connectivity index (χ3n) is 8.27.